The standard InChI is InChI=1S/C25H29N3O5S/c1-4-32-22-15-18(14-20-24(30)28(25(34)27-20)12-5-13-31-3)8-11-21(22)33-16-23(29)26-19-9-6-17(2)7-10-19/h6-11,14-15H,4-5,12-13,16H2,1-3H3,(H,26,29)(H,27,34)/b20-14+. The molecule has 0 radical (unpaired) electrons. The van der Waals surface area contributed by atoms with Gasteiger partial charge in [0.1, 0.15) is 5.70 Å². The Morgan fingerprint density at radius 1 is 1.15 bits per heavy atom. The van der Waals surface area contributed by atoms with Crippen LogP contribution in [0.15, 0.2) is 48.2 Å². The van der Waals surface area contributed by atoms with Crippen LogP contribution in [0.5, 0.6) is 11.5 Å². The zero-order chi connectivity index (χ0) is 24.5. The number of benzene rings is 2. The molecule has 1 aliphatic heterocycles. The number of thiocarbonyl (C=S) groups is 1. The first-order chi connectivity index (χ1) is 16.4. The molecule has 0 unspecified atom stereocenters. The third-order valence-electron chi connectivity index (χ3n) is 4.97. The Kier molecular flexibility index (Phi) is 9.00. The molecule has 180 valence electrons. The average Bonchev–Trinajstić information content (AvgIpc) is 3.08. The van der Waals surface area contributed by atoms with Gasteiger partial charge in [-0.25, -0.2) is 0 Å². The molecule has 2 N–H and O–H groups in total. The van der Waals surface area contributed by atoms with Crippen molar-refractivity contribution in [1.29, 1.82) is 0 Å². The van der Waals surface area contributed by atoms with E-state index in [1.165, 1.54) is 4.90 Å². The van der Waals surface area contributed by atoms with Gasteiger partial charge >= 0.3 is 0 Å². The maximum Gasteiger partial charge on any atom is 0.276 e. The maximum absolute atomic E-state index is 12.7. The number of ether oxygens (including phenoxy) is 3. The molecule has 2 amide bonds. The number of nitrogens with zero attached hydrogens (tertiary/aromatic N) is 1. The van der Waals surface area contributed by atoms with E-state index in [1.54, 1.807) is 31.4 Å². The second-order valence-corrected chi connectivity index (χ2v) is 8.02. The Bertz CT molecular complexity index is 1070. The largest absolute Gasteiger partial charge is 0.490 e. The summed E-state index contributed by atoms with van der Waals surface area (Å²) in [5, 5.41) is 6.13. The zero-order valence-corrected chi connectivity index (χ0v) is 20.4. The van der Waals surface area contributed by atoms with E-state index in [9.17, 15) is 9.59 Å². The van der Waals surface area contributed by atoms with Crippen molar-refractivity contribution in [3.05, 3.63) is 59.3 Å². The molecule has 34 heavy (non-hydrogen) atoms. The molecule has 0 spiro atoms. The van der Waals surface area contributed by atoms with Crippen LogP contribution in [0.3, 0.4) is 0 Å². The van der Waals surface area contributed by atoms with Crippen molar-refractivity contribution in [2.75, 3.05) is 38.8 Å². The smallest absolute Gasteiger partial charge is 0.276 e. The second kappa shape index (κ2) is 12.2. The molecule has 0 bridgehead atoms. The number of nitrogens with one attached hydrogen (secondary N) is 2. The van der Waals surface area contributed by atoms with Gasteiger partial charge in [0.2, 0.25) is 0 Å². The van der Waals surface area contributed by atoms with Gasteiger partial charge in [-0.1, -0.05) is 23.8 Å². The summed E-state index contributed by atoms with van der Waals surface area (Å²) in [6.45, 7) is 5.12. The van der Waals surface area contributed by atoms with E-state index in [0.29, 0.717) is 54.2 Å². The van der Waals surface area contributed by atoms with Crippen molar-refractivity contribution in [3.8, 4) is 11.5 Å². The zero-order valence-electron chi connectivity index (χ0n) is 19.6. The second-order valence-electron chi connectivity index (χ2n) is 7.63. The molecular formula is C25H29N3O5S. The first-order valence-corrected chi connectivity index (χ1v) is 11.4. The van der Waals surface area contributed by atoms with Gasteiger partial charge in [-0.2, -0.15) is 0 Å². The summed E-state index contributed by atoms with van der Waals surface area (Å²) in [5.41, 5.74) is 2.93. The highest BCUT2D eigenvalue weighted by Gasteiger charge is 2.30. The first-order valence-electron chi connectivity index (χ1n) is 11.0. The lowest BCUT2D eigenvalue weighted by atomic mass is 10.1. The van der Waals surface area contributed by atoms with Crippen LogP contribution in [0.1, 0.15) is 24.5 Å². The Morgan fingerprint density at radius 3 is 2.62 bits per heavy atom. The lowest BCUT2D eigenvalue weighted by Gasteiger charge is -2.13. The summed E-state index contributed by atoms with van der Waals surface area (Å²) < 4.78 is 16.4. The first kappa shape index (κ1) is 25.2. The van der Waals surface area contributed by atoms with Crippen LogP contribution >= 0.6 is 12.2 Å². The number of aryl methyl sites for hydroxylation is 1. The Labute approximate surface area is 204 Å². The quantitative estimate of drug-likeness (QED) is 0.287. The summed E-state index contributed by atoms with van der Waals surface area (Å²) >= 11 is 5.29. The van der Waals surface area contributed by atoms with Crippen LogP contribution in [-0.2, 0) is 14.3 Å². The molecule has 1 saturated heterocycles. The number of anilines is 1. The van der Waals surface area contributed by atoms with E-state index >= 15 is 0 Å². The molecule has 0 aromatic heterocycles. The summed E-state index contributed by atoms with van der Waals surface area (Å²) in [7, 11) is 1.62. The SMILES string of the molecule is CCOc1cc(/C=C2/NC(=S)N(CCCOC)C2=O)ccc1OCC(=O)Nc1ccc(C)cc1. The van der Waals surface area contributed by atoms with Crippen LogP contribution in [0, 0.1) is 6.92 Å². The number of amides is 2. The maximum atomic E-state index is 12.7. The minimum Gasteiger partial charge on any atom is -0.490 e. The van der Waals surface area contributed by atoms with Crippen molar-refractivity contribution in [2.45, 2.75) is 20.3 Å². The monoisotopic (exact) mass is 483 g/mol. The van der Waals surface area contributed by atoms with Crippen molar-refractivity contribution >= 4 is 40.9 Å². The predicted octanol–water partition coefficient (Wildman–Crippen LogP) is 3.51. The number of rotatable bonds is 11. The van der Waals surface area contributed by atoms with Crippen LogP contribution in [-0.4, -0.2) is 55.3 Å². The van der Waals surface area contributed by atoms with Crippen molar-refractivity contribution in [1.82, 2.24) is 10.2 Å². The van der Waals surface area contributed by atoms with Crippen molar-refractivity contribution in [3.63, 3.8) is 0 Å². The van der Waals surface area contributed by atoms with Gasteiger partial charge in [-0.3, -0.25) is 14.5 Å². The Balaban J connectivity index is 1.66. The molecule has 3 rings (SSSR count). The number of hydrogen-bond acceptors (Lipinski definition) is 6. The number of hydrogen-bond donors (Lipinski definition) is 2. The topological polar surface area (TPSA) is 89.1 Å². The highest BCUT2D eigenvalue weighted by atomic mass is 32.1. The normalized spacial score (nSPS) is 14.3. The fraction of sp³-hybridized carbons (Fsp3) is 0.320. The lowest BCUT2D eigenvalue weighted by molar-refractivity contribution is -0.122. The summed E-state index contributed by atoms with van der Waals surface area (Å²) in [4.78, 5) is 26.5. The molecule has 1 heterocycles. The molecule has 1 fully saturated rings. The minimum absolute atomic E-state index is 0.168. The number of carbonyl (C=O) groups is 2. The summed E-state index contributed by atoms with van der Waals surface area (Å²) in [5.74, 6) is 0.447. The van der Waals surface area contributed by atoms with E-state index in [0.717, 1.165) is 11.1 Å². The molecule has 2 aromatic carbocycles. The van der Waals surface area contributed by atoms with Gasteiger partial charge in [0, 0.05) is 25.9 Å². The van der Waals surface area contributed by atoms with Crippen LogP contribution in [0.2, 0.25) is 0 Å². The van der Waals surface area contributed by atoms with Gasteiger partial charge in [0.15, 0.2) is 23.2 Å². The Morgan fingerprint density at radius 2 is 1.91 bits per heavy atom. The summed E-state index contributed by atoms with van der Waals surface area (Å²) in [6.07, 6.45) is 2.40. The fourth-order valence-corrected chi connectivity index (χ4v) is 3.57. The molecule has 2 aromatic rings. The van der Waals surface area contributed by atoms with Crippen LogP contribution in [0.25, 0.3) is 6.08 Å². The molecular weight excluding hydrogens is 454 g/mol. The van der Waals surface area contributed by atoms with E-state index in [1.807, 2.05) is 38.1 Å². The Hall–Kier alpha value is -3.43. The van der Waals surface area contributed by atoms with Gasteiger partial charge < -0.3 is 24.8 Å². The van der Waals surface area contributed by atoms with Crippen LogP contribution < -0.4 is 20.1 Å². The summed E-state index contributed by atoms with van der Waals surface area (Å²) in [6, 6.07) is 12.8. The third kappa shape index (κ3) is 6.79. The lowest BCUT2D eigenvalue weighted by Crippen LogP contribution is -2.32. The minimum atomic E-state index is -0.277. The average molecular weight is 484 g/mol. The number of carbonyl (C=O) groups excluding carboxylic acids is 2. The molecule has 0 atom stereocenters. The van der Waals surface area contributed by atoms with Gasteiger partial charge in [-0.05, 0) is 68.4 Å². The predicted molar refractivity (Wildman–Crippen MR) is 135 cm³/mol. The highest BCUT2D eigenvalue weighted by molar-refractivity contribution is 7.80. The van der Waals surface area contributed by atoms with Gasteiger partial charge in [-0.15, -0.1) is 0 Å². The molecule has 9 heteroatoms. The highest BCUT2D eigenvalue weighted by Crippen LogP contribution is 2.30. The molecule has 0 aliphatic carbocycles. The van der Waals surface area contributed by atoms with E-state index in [2.05, 4.69) is 10.6 Å². The van der Waals surface area contributed by atoms with Gasteiger partial charge in [0.25, 0.3) is 11.8 Å². The third-order valence-corrected chi connectivity index (χ3v) is 5.29. The van der Waals surface area contributed by atoms with Crippen LogP contribution in [0.4, 0.5) is 5.69 Å². The molecule has 0 saturated carbocycles. The van der Waals surface area contributed by atoms with Gasteiger partial charge in [0.05, 0.1) is 6.61 Å². The van der Waals surface area contributed by atoms with E-state index in [-0.39, 0.29) is 18.4 Å². The molecule has 1 aliphatic rings. The fourth-order valence-electron chi connectivity index (χ4n) is 3.29. The number of methoxy groups -OCH3 is 1. The van der Waals surface area contributed by atoms with Crippen molar-refractivity contribution in [2.24, 2.45) is 0 Å². The molecule has 8 nitrogen and oxygen atoms in total. The van der Waals surface area contributed by atoms with E-state index < -0.39 is 0 Å². The van der Waals surface area contributed by atoms with Crippen molar-refractivity contribution < 1.29 is 23.8 Å². The van der Waals surface area contributed by atoms with E-state index in [4.69, 9.17) is 26.4 Å².